The predicted molar refractivity (Wildman–Crippen MR) is 128 cm³/mol. The highest BCUT2D eigenvalue weighted by Crippen LogP contribution is 2.70. The molecule has 2 aliphatic heterocycles. The number of ether oxygens (including phenoxy) is 2. The van der Waals surface area contributed by atoms with E-state index in [1.54, 1.807) is 7.11 Å². The number of aliphatic hydroxyl groups is 1. The van der Waals surface area contributed by atoms with Crippen LogP contribution in [0.15, 0.2) is 5.16 Å². The molecule has 5 nitrogen and oxygen atoms in total. The third kappa shape index (κ3) is 3.03. The molecule has 186 valence electrons. The largest absolute Gasteiger partial charge is 0.399 e. The third-order valence-corrected chi connectivity index (χ3v) is 12.0. The standard InChI is InChI=1S/C28H45NO4/c1-16-8-11-28(32-15-16)17(2)25-23(33-28)13-22-20-7-6-18-12-19(30)9-10-26(18,3)21(20)14-24(29-31-5)27(22,25)4/h16-23,25,30H,6-15H2,1-5H3/t16-,17?,18?,19+,20?,21?,22?,23?,25?,26+,27-,28-/m1/s1. The van der Waals surface area contributed by atoms with Gasteiger partial charge in [0.05, 0.1) is 24.5 Å². The van der Waals surface area contributed by atoms with E-state index in [-0.39, 0.29) is 17.6 Å². The van der Waals surface area contributed by atoms with Crippen molar-refractivity contribution in [3.63, 3.8) is 0 Å². The van der Waals surface area contributed by atoms with E-state index >= 15 is 0 Å². The van der Waals surface area contributed by atoms with Crippen molar-refractivity contribution in [3.8, 4) is 0 Å². The maximum atomic E-state index is 10.4. The van der Waals surface area contributed by atoms with Crippen LogP contribution in [0.25, 0.3) is 0 Å². The minimum absolute atomic E-state index is 0.0224. The summed E-state index contributed by atoms with van der Waals surface area (Å²) in [5.41, 5.74) is 1.62. The quantitative estimate of drug-likeness (QED) is 0.533. The molecule has 1 N–H and O–H groups in total. The Kier molecular flexibility index (Phi) is 5.30. The van der Waals surface area contributed by atoms with Gasteiger partial charge < -0.3 is 19.4 Å². The van der Waals surface area contributed by atoms with Crippen molar-refractivity contribution in [3.05, 3.63) is 0 Å². The number of hydrogen-bond acceptors (Lipinski definition) is 5. The lowest BCUT2D eigenvalue weighted by Gasteiger charge is -2.61. The molecule has 12 atom stereocenters. The van der Waals surface area contributed by atoms with Gasteiger partial charge in [0.2, 0.25) is 0 Å². The molecule has 2 saturated heterocycles. The summed E-state index contributed by atoms with van der Waals surface area (Å²) in [6.45, 7) is 10.5. The Bertz CT molecular complexity index is 806. The Hall–Kier alpha value is -0.650. The Labute approximate surface area is 200 Å². The second-order valence-electron chi connectivity index (χ2n) is 13.3. The molecule has 7 unspecified atom stereocenters. The van der Waals surface area contributed by atoms with Crippen molar-refractivity contribution in [2.24, 2.45) is 57.4 Å². The molecule has 2 heterocycles. The minimum atomic E-state index is -0.395. The lowest BCUT2D eigenvalue weighted by Crippen LogP contribution is -2.58. The summed E-state index contributed by atoms with van der Waals surface area (Å²) in [6.07, 6.45) is 10.2. The summed E-state index contributed by atoms with van der Waals surface area (Å²) in [5, 5.41) is 15.2. The Morgan fingerprint density at radius 3 is 2.58 bits per heavy atom. The Morgan fingerprint density at radius 1 is 1.03 bits per heavy atom. The topological polar surface area (TPSA) is 60.3 Å². The summed E-state index contributed by atoms with van der Waals surface area (Å²) >= 11 is 0. The maximum absolute atomic E-state index is 10.4. The monoisotopic (exact) mass is 459 g/mol. The first-order valence-electron chi connectivity index (χ1n) is 13.8. The molecule has 5 heteroatoms. The van der Waals surface area contributed by atoms with E-state index in [4.69, 9.17) is 19.5 Å². The van der Waals surface area contributed by atoms with Crippen LogP contribution >= 0.6 is 0 Å². The summed E-state index contributed by atoms with van der Waals surface area (Å²) in [4.78, 5) is 5.53. The predicted octanol–water partition coefficient (Wildman–Crippen LogP) is 5.41. The summed E-state index contributed by atoms with van der Waals surface area (Å²) in [6, 6.07) is 0. The highest BCUT2D eigenvalue weighted by molar-refractivity contribution is 5.92. The average Bonchev–Trinajstić information content (AvgIpc) is 3.23. The third-order valence-electron chi connectivity index (χ3n) is 12.0. The molecule has 6 aliphatic rings. The highest BCUT2D eigenvalue weighted by atomic mass is 16.7. The molecule has 1 spiro atoms. The molecule has 4 aliphatic carbocycles. The van der Waals surface area contributed by atoms with Gasteiger partial charge in [-0.15, -0.1) is 0 Å². The molecular weight excluding hydrogens is 414 g/mol. The Morgan fingerprint density at radius 2 is 1.85 bits per heavy atom. The molecule has 0 bridgehead atoms. The van der Waals surface area contributed by atoms with Crippen molar-refractivity contribution in [1.29, 1.82) is 0 Å². The van der Waals surface area contributed by atoms with E-state index in [0.29, 0.717) is 40.9 Å². The van der Waals surface area contributed by atoms with Gasteiger partial charge in [0.15, 0.2) is 5.79 Å². The molecule has 33 heavy (non-hydrogen) atoms. The van der Waals surface area contributed by atoms with Gasteiger partial charge in [0.1, 0.15) is 7.11 Å². The SMILES string of the molecule is CON=C1CC2C(CCC3C[C@@H](O)CC[C@@]32C)C2CC3O[C@]4(CC[C@@H](C)CO4)C(C)C3[C@@]12C. The van der Waals surface area contributed by atoms with Crippen LogP contribution in [-0.2, 0) is 14.3 Å². The number of fused-ring (bicyclic) bond motifs is 7. The summed E-state index contributed by atoms with van der Waals surface area (Å²) in [5.74, 6) is 3.68. The average molecular weight is 460 g/mol. The first-order chi connectivity index (χ1) is 15.7. The van der Waals surface area contributed by atoms with Gasteiger partial charge in [-0.05, 0) is 86.4 Å². The fourth-order valence-corrected chi connectivity index (χ4v) is 10.2. The molecule has 0 aromatic carbocycles. The lowest BCUT2D eigenvalue weighted by atomic mass is 9.44. The molecular formula is C28H45NO4. The number of hydrogen-bond donors (Lipinski definition) is 1. The molecule has 0 aromatic rings. The second-order valence-corrected chi connectivity index (χ2v) is 13.3. The van der Waals surface area contributed by atoms with E-state index in [1.165, 1.54) is 25.0 Å². The van der Waals surface area contributed by atoms with Crippen molar-refractivity contribution >= 4 is 5.71 Å². The number of nitrogens with zero attached hydrogens (tertiary/aromatic N) is 1. The second kappa shape index (κ2) is 7.67. The minimum Gasteiger partial charge on any atom is -0.399 e. The van der Waals surface area contributed by atoms with Gasteiger partial charge >= 0.3 is 0 Å². The van der Waals surface area contributed by atoms with Gasteiger partial charge in [0, 0.05) is 23.7 Å². The van der Waals surface area contributed by atoms with Gasteiger partial charge in [0.25, 0.3) is 0 Å². The van der Waals surface area contributed by atoms with E-state index in [1.807, 2.05) is 0 Å². The van der Waals surface area contributed by atoms with Crippen LogP contribution in [0.1, 0.15) is 85.5 Å². The molecule has 6 fully saturated rings. The summed E-state index contributed by atoms with van der Waals surface area (Å²) < 4.78 is 13.4. The van der Waals surface area contributed by atoms with E-state index in [9.17, 15) is 5.11 Å². The molecule has 0 radical (unpaired) electrons. The van der Waals surface area contributed by atoms with Gasteiger partial charge in [-0.3, -0.25) is 0 Å². The first-order valence-corrected chi connectivity index (χ1v) is 13.8. The maximum Gasteiger partial charge on any atom is 0.171 e. The number of aliphatic hydroxyl groups excluding tert-OH is 1. The van der Waals surface area contributed by atoms with Gasteiger partial charge in [-0.2, -0.15) is 0 Å². The molecule has 0 aromatic heterocycles. The van der Waals surface area contributed by atoms with Crippen LogP contribution in [0.3, 0.4) is 0 Å². The number of oxime groups is 1. The zero-order valence-electron chi connectivity index (χ0n) is 21.4. The highest BCUT2D eigenvalue weighted by Gasteiger charge is 2.71. The normalized spacial score (nSPS) is 59.1. The van der Waals surface area contributed by atoms with Crippen LogP contribution in [0.4, 0.5) is 0 Å². The number of rotatable bonds is 1. The zero-order valence-corrected chi connectivity index (χ0v) is 21.4. The van der Waals surface area contributed by atoms with Gasteiger partial charge in [-0.1, -0.05) is 32.9 Å². The van der Waals surface area contributed by atoms with Crippen LogP contribution < -0.4 is 0 Å². The smallest absolute Gasteiger partial charge is 0.171 e. The van der Waals surface area contributed by atoms with E-state index in [0.717, 1.165) is 51.0 Å². The van der Waals surface area contributed by atoms with Crippen LogP contribution in [0.2, 0.25) is 0 Å². The molecule has 0 amide bonds. The fourth-order valence-electron chi connectivity index (χ4n) is 10.2. The molecule has 4 saturated carbocycles. The van der Waals surface area contributed by atoms with Crippen LogP contribution in [0.5, 0.6) is 0 Å². The van der Waals surface area contributed by atoms with Crippen molar-refractivity contribution in [2.75, 3.05) is 13.7 Å². The first kappa shape index (κ1) is 22.8. The van der Waals surface area contributed by atoms with Crippen molar-refractivity contribution in [2.45, 2.75) is 103 Å². The van der Waals surface area contributed by atoms with Crippen molar-refractivity contribution in [1.82, 2.24) is 0 Å². The van der Waals surface area contributed by atoms with Crippen LogP contribution in [-0.4, -0.2) is 42.5 Å². The Balaban J connectivity index is 1.35. The lowest BCUT2D eigenvalue weighted by molar-refractivity contribution is -0.272. The van der Waals surface area contributed by atoms with Gasteiger partial charge in [-0.25, -0.2) is 0 Å². The van der Waals surface area contributed by atoms with E-state index < -0.39 is 5.79 Å². The zero-order chi connectivity index (χ0) is 23.2. The fraction of sp³-hybridized carbons (Fsp3) is 0.964. The molecule has 6 rings (SSSR count). The van der Waals surface area contributed by atoms with Crippen LogP contribution in [0, 0.1) is 52.3 Å². The summed E-state index contributed by atoms with van der Waals surface area (Å²) in [7, 11) is 1.72. The van der Waals surface area contributed by atoms with E-state index in [2.05, 4.69) is 27.7 Å². The van der Waals surface area contributed by atoms with Crippen molar-refractivity contribution < 1.29 is 19.4 Å².